The molecule has 1 aromatic heterocycles. The molecular weight excluding hydrogens is 232 g/mol. The summed E-state index contributed by atoms with van der Waals surface area (Å²) in [5.74, 6) is 0. The summed E-state index contributed by atoms with van der Waals surface area (Å²) in [7, 11) is 0. The SMILES string of the molecule is N#CCCCCCCCCCCCc1cccnc1. The highest BCUT2D eigenvalue weighted by Gasteiger charge is 1.94. The summed E-state index contributed by atoms with van der Waals surface area (Å²) in [5, 5.41) is 8.42. The van der Waals surface area contributed by atoms with Gasteiger partial charge in [0.25, 0.3) is 0 Å². The zero-order valence-electron chi connectivity index (χ0n) is 12.0. The molecule has 2 nitrogen and oxygen atoms in total. The van der Waals surface area contributed by atoms with Crippen LogP contribution in [0.2, 0.25) is 0 Å². The first-order valence-corrected chi connectivity index (χ1v) is 7.69. The van der Waals surface area contributed by atoms with E-state index in [1.54, 1.807) is 0 Å². The van der Waals surface area contributed by atoms with Crippen LogP contribution in [0.4, 0.5) is 0 Å². The van der Waals surface area contributed by atoms with Crippen molar-refractivity contribution in [1.29, 1.82) is 5.26 Å². The van der Waals surface area contributed by atoms with Crippen LogP contribution in [0, 0.1) is 11.3 Å². The predicted molar refractivity (Wildman–Crippen MR) is 79.7 cm³/mol. The Hall–Kier alpha value is -1.36. The van der Waals surface area contributed by atoms with Gasteiger partial charge < -0.3 is 0 Å². The summed E-state index contributed by atoms with van der Waals surface area (Å²) in [4.78, 5) is 4.13. The van der Waals surface area contributed by atoms with E-state index in [1.807, 2.05) is 18.5 Å². The highest BCUT2D eigenvalue weighted by Crippen LogP contribution is 2.11. The third kappa shape index (κ3) is 9.25. The monoisotopic (exact) mass is 258 g/mol. The Morgan fingerprint density at radius 2 is 1.53 bits per heavy atom. The summed E-state index contributed by atoms with van der Waals surface area (Å²) in [6, 6.07) is 6.38. The Bertz CT molecular complexity index is 340. The fourth-order valence-corrected chi connectivity index (χ4v) is 2.32. The molecule has 0 bridgehead atoms. The molecule has 0 unspecified atom stereocenters. The molecule has 0 aliphatic heterocycles. The first-order chi connectivity index (χ1) is 9.43. The number of nitrogens with zero attached hydrogens (tertiary/aromatic N) is 2. The number of pyridine rings is 1. The van der Waals surface area contributed by atoms with Gasteiger partial charge in [-0.2, -0.15) is 5.26 Å². The lowest BCUT2D eigenvalue weighted by molar-refractivity contribution is 0.560. The van der Waals surface area contributed by atoms with Crippen LogP contribution in [0.3, 0.4) is 0 Å². The molecule has 19 heavy (non-hydrogen) atoms. The Morgan fingerprint density at radius 3 is 2.11 bits per heavy atom. The van der Waals surface area contributed by atoms with Gasteiger partial charge in [-0.1, -0.05) is 51.0 Å². The second-order valence-corrected chi connectivity index (χ2v) is 5.20. The Morgan fingerprint density at radius 1 is 0.895 bits per heavy atom. The molecule has 2 heteroatoms. The number of aromatic nitrogens is 1. The molecule has 0 saturated heterocycles. The van der Waals surface area contributed by atoms with Crippen LogP contribution in [0.5, 0.6) is 0 Å². The Kier molecular flexibility index (Phi) is 9.68. The minimum Gasteiger partial charge on any atom is -0.264 e. The Labute approximate surface area is 117 Å². The first-order valence-electron chi connectivity index (χ1n) is 7.69. The summed E-state index contributed by atoms with van der Waals surface area (Å²) in [6.07, 6.45) is 17.4. The topological polar surface area (TPSA) is 36.7 Å². The molecule has 1 aromatic rings. The van der Waals surface area contributed by atoms with Crippen LogP contribution in [0.25, 0.3) is 0 Å². The third-order valence-corrected chi connectivity index (χ3v) is 3.48. The van der Waals surface area contributed by atoms with Gasteiger partial charge in [0.2, 0.25) is 0 Å². The maximum Gasteiger partial charge on any atom is 0.0621 e. The van der Waals surface area contributed by atoms with Crippen LogP contribution in [-0.4, -0.2) is 4.98 Å². The number of hydrogen-bond acceptors (Lipinski definition) is 2. The molecule has 104 valence electrons. The molecule has 0 aliphatic carbocycles. The fraction of sp³-hybridized carbons (Fsp3) is 0.647. The maximum atomic E-state index is 8.42. The van der Waals surface area contributed by atoms with Crippen molar-refractivity contribution in [2.24, 2.45) is 0 Å². The van der Waals surface area contributed by atoms with Gasteiger partial charge in [-0.15, -0.1) is 0 Å². The van der Waals surface area contributed by atoms with Gasteiger partial charge in [0.1, 0.15) is 0 Å². The van der Waals surface area contributed by atoms with Crippen molar-refractivity contribution in [3.8, 4) is 6.07 Å². The number of nitriles is 1. The van der Waals surface area contributed by atoms with Gasteiger partial charge in [-0.05, 0) is 30.9 Å². The van der Waals surface area contributed by atoms with Gasteiger partial charge in [0.15, 0.2) is 0 Å². The van der Waals surface area contributed by atoms with E-state index in [4.69, 9.17) is 5.26 Å². The normalized spacial score (nSPS) is 10.3. The van der Waals surface area contributed by atoms with Crippen molar-refractivity contribution in [3.05, 3.63) is 30.1 Å². The molecule has 0 aliphatic rings. The molecule has 0 radical (unpaired) electrons. The van der Waals surface area contributed by atoms with E-state index < -0.39 is 0 Å². The molecule has 0 fully saturated rings. The molecular formula is C17H26N2. The molecule has 0 aromatic carbocycles. The Balaban J connectivity index is 1.80. The number of aryl methyl sites for hydroxylation is 1. The minimum atomic E-state index is 0.730. The quantitative estimate of drug-likeness (QED) is 0.521. The minimum absolute atomic E-state index is 0.730. The standard InChI is InChI=1S/C17H26N2/c18-14-10-8-6-4-2-1-3-5-7-9-12-17-13-11-15-19-16-17/h11,13,15-16H,1-10,12H2. The van der Waals surface area contributed by atoms with Gasteiger partial charge in [-0.3, -0.25) is 4.98 Å². The number of hydrogen-bond donors (Lipinski definition) is 0. The average molecular weight is 258 g/mol. The smallest absolute Gasteiger partial charge is 0.0621 e. The van der Waals surface area contributed by atoms with Crippen LogP contribution in [0.1, 0.15) is 69.8 Å². The van der Waals surface area contributed by atoms with Crippen LogP contribution >= 0.6 is 0 Å². The van der Waals surface area contributed by atoms with Crippen molar-refractivity contribution >= 4 is 0 Å². The first kappa shape index (κ1) is 15.7. The summed E-state index contributed by atoms with van der Waals surface area (Å²) in [6.45, 7) is 0. The molecule has 1 rings (SSSR count). The van der Waals surface area contributed by atoms with Crippen molar-refractivity contribution in [3.63, 3.8) is 0 Å². The zero-order chi connectivity index (χ0) is 13.6. The van der Waals surface area contributed by atoms with E-state index in [2.05, 4.69) is 17.1 Å². The van der Waals surface area contributed by atoms with Gasteiger partial charge in [0.05, 0.1) is 6.07 Å². The highest BCUT2D eigenvalue weighted by molar-refractivity contribution is 5.08. The van der Waals surface area contributed by atoms with E-state index in [9.17, 15) is 0 Å². The van der Waals surface area contributed by atoms with E-state index in [1.165, 1.54) is 63.4 Å². The molecule has 0 spiro atoms. The molecule has 0 saturated carbocycles. The average Bonchev–Trinajstić information content (AvgIpc) is 2.46. The second-order valence-electron chi connectivity index (χ2n) is 5.20. The van der Waals surface area contributed by atoms with E-state index in [0.29, 0.717) is 0 Å². The number of rotatable bonds is 11. The van der Waals surface area contributed by atoms with Crippen molar-refractivity contribution in [2.75, 3.05) is 0 Å². The van der Waals surface area contributed by atoms with Crippen LogP contribution in [0.15, 0.2) is 24.5 Å². The van der Waals surface area contributed by atoms with Crippen molar-refractivity contribution < 1.29 is 0 Å². The highest BCUT2D eigenvalue weighted by atomic mass is 14.6. The molecule has 0 N–H and O–H groups in total. The van der Waals surface area contributed by atoms with Crippen LogP contribution in [-0.2, 0) is 6.42 Å². The lowest BCUT2D eigenvalue weighted by Crippen LogP contribution is -1.87. The third-order valence-electron chi connectivity index (χ3n) is 3.48. The maximum absolute atomic E-state index is 8.42. The zero-order valence-corrected chi connectivity index (χ0v) is 12.0. The lowest BCUT2D eigenvalue weighted by Gasteiger charge is -2.02. The van der Waals surface area contributed by atoms with Gasteiger partial charge in [0, 0.05) is 18.8 Å². The van der Waals surface area contributed by atoms with E-state index >= 15 is 0 Å². The van der Waals surface area contributed by atoms with Crippen molar-refractivity contribution in [1.82, 2.24) is 4.98 Å². The largest absolute Gasteiger partial charge is 0.264 e. The molecule has 0 amide bonds. The second kappa shape index (κ2) is 11.7. The van der Waals surface area contributed by atoms with E-state index in [-0.39, 0.29) is 0 Å². The van der Waals surface area contributed by atoms with Gasteiger partial charge >= 0.3 is 0 Å². The fourth-order valence-electron chi connectivity index (χ4n) is 2.32. The number of unbranched alkanes of at least 4 members (excludes halogenated alkanes) is 9. The summed E-state index contributed by atoms with van der Waals surface area (Å²) >= 11 is 0. The van der Waals surface area contributed by atoms with Crippen molar-refractivity contribution in [2.45, 2.75) is 70.6 Å². The summed E-state index contributed by atoms with van der Waals surface area (Å²) in [5.41, 5.74) is 1.36. The van der Waals surface area contributed by atoms with Crippen LogP contribution < -0.4 is 0 Å². The summed E-state index contributed by atoms with van der Waals surface area (Å²) < 4.78 is 0. The lowest BCUT2D eigenvalue weighted by atomic mass is 10.0. The predicted octanol–water partition coefficient (Wildman–Crippen LogP) is 5.05. The molecule has 0 atom stereocenters. The van der Waals surface area contributed by atoms with E-state index in [0.717, 1.165) is 12.8 Å². The molecule has 1 heterocycles. The van der Waals surface area contributed by atoms with Gasteiger partial charge in [-0.25, -0.2) is 0 Å².